The summed E-state index contributed by atoms with van der Waals surface area (Å²) in [6.07, 6.45) is 2.23. The summed E-state index contributed by atoms with van der Waals surface area (Å²) >= 11 is 13.8. The van der Waals surface area contributed by atoms with E-state index < -0.39 is 10.0 Å². The first-order valence-corrected chi connectivity index (χ1v) is 14.8. The number of rotatable bonds is 8. The van der Waals surface area contributed by atoms with Gasteiger partial charge in [-0.2, -0.15) is 4.31 Å². The molecule has 1 fully saturated rings. The third-order valence-electron chi connectivity index (χ3n) is 6.62. The molecular formula is C26H26Cl2N2O4S2. The van der Waals surface area contributed by atoms with Gasteiger partial charge in [-0.25, -0.2) is 8.42 Å². The standard InChI is InChI=1S/C26H26Cl2N2O4S2/c1-17-14-20(6-9-23(17)28)34-16-24-22-11-13-35-25(22)10-12-29(24)26(31)15-30(19-4-5-19)36(32,33)21-7-2-18(27)3-8-21/h2-3,6-9,11,13-14,19,24H,4-5,10,12,15-16H2,1H3/t24-/m1/s1. The van der Waals surface area contributed by atoms with Gasteiger partial charge < -0.3 is 9.64 Å². The number of benzene rings is 2. The third-order valence-corrected chi connectivity index (χ3v) is 10.2. The van der Waals surface area contributed by atoms with Crippen molar-refractivity contribution >= 4 is 50.5 Å². The maximum absolute atomic E-state index is 13.7. The molecule has 0 unspecified atom stereocenters. The lowest BCUT2D eigenvalue weighted by atomic mass is 10.0. The molecule has 1 aliphatic carbocycles. The Balaban J connectivity index is 1.37. The lowest BCUT2D eigenvalue weighted by Crippen LogP contribution is -2.48. The van der Waals surface area contributed by atoms with E-state index in [-0.39, 0.29) is 36.0 Å². The van der Waals surface area contributed by atoms with Crippen molar-refractivity contribution in [2.45, 2.75) is 43.2 Å². The molecule has 1 aromatic heterocycles. The quantitative estimate of drug-likeness (QED) is 0.351. The predicted molar refractivity (Wildman–Crippen MR) is 143 cm³/mol. The van der Waals surface area contributed by atoms with E-state index in [0.29, 0.717) is 22.3 Å². The van der Waals surface area contributed by atoms with Gasteiger partial charge in [0.2, 0.25) is 15.9 Å². The van der Waals surface area contributed by atoms with Crippen molar-refractivity contribution in [1.82, 2.24) is 9.21 Å². The largest absolute Gasteiger partial charge is 0.491 e. The molecule has 190 valence electrons. The van der Waals surface area contributed by atoms with E-state index in [0.717, 1.165) is 30.4 Å². The molecule has 36 heavy (non-hydrogen) atoms. The smallest absolute Gasteiger partial charge is 0.243 e. The molecule has 3 aromatic rings. The van der Waals surface area contributed by atoms with Crippen LogP contribution in [0, 0.1) is 6.92 Å². The number of ether oxygens (including phenoxy) is 1. The minimum atomic E-state index is -3.83. The highest BCUT2D eigenvalue weighted by atomic mass is 35.5. The highest BCUT2D eigenvalue weighted by Crippen LogP contribution is 2.36. The van der Waals surface area contributed by atoms with Gasteiger partial charge in [-0.3, -0.25) is 4.79 Å². The van der Waals surface area contributed by atoms with Gasteiger partial charge >= 0.3 is 0 Å². The van der Waals surface area contributed by atoms with Crippen LogP contribution in [-0.4, -0.2) is 49.3 Å². The van der Waals surface area contributed by atoms with E-state index >= 15 is 0 Å². The Morgan fingerprint density at radius 3 is 2.58 bits per heavy atom. The van der Waals surface area contributed by atoms with Gasteiger partial charge in [-0.05, 0) is 91.2 Å². The van der Waals surface area contributed by atoms with Gasteiger partial charge in [0.1, 0.15) is 12.4 Å². The van der Waals surface area contributed by atoms with Crippen LogP contribution in [0.4, 0.5) is 0 Å². The molecule has 2 aliphatic rings. The fraction of sp³-hybridized carbons (Fsp3) is 0.346. The molecule has 0 saturated heterocycles. The van der Waals surface area contributed by atoms with Gasteiger partial charge in [-0.15, -0.1) is 11.3 Å². The molecule has 1 amide bonds. The van der Waals surface area contributed by atoms with E-state index in [9.17, 15) is 13.2 Å². The lowest BCUT2D eigenvalue weighted by molar-refractivity contribution is -0.135. The number of hydrogen-bond acceptors (Lipinski definition) is 5. The molecule has 1 saturated carbocycles. The first-order valence-electron chi connectivity index (χ1n) is 11.8. The van der Waals surface area contributed by atoms with Crippen molar-refractivity contribution in [3.8, 4) is 5.75 Å². The Morgan fingerprint density at radius 1 is 1.14 bits per heavy atom. The van der Waals surface area contributed by atoms with E-state index in [1.807, 2.05) is 30.5 Å². The Labute approximate surface area is 225 Å². The van der Waals surface area contributed by atoms with Crippen molar-refractivity contribution in [2.75, 3.05) is 19.7 Å². The number of sulfonamides is 1. The molecule has 5 rings (SSSR count). The Morgan fingerprint density at radius 2 is 1.89 bits per heavy atom. The van der Waals surface area contributed by atoms with E-state index in [1.165, 1.54) is 21.3 Å². The number of nitrogens with zero attached hydrogens (tertiary/aromatic N) is 2. The molecule has 0 spiro atoms. The molecule has 2 heterocycles. The van der Waals surface area contributed by atoms with Gasteiger partial charge in [0.05, 0.1) is 17.5 Å². The van der Waals surface area contributed by atoms with Crippen LogP contribution in [0.1, 0.15) is 34.9 Å². The summed E-state index contributed by atoms with van der Waals surface area (Å²) in [6, 6.07) is 13.1. The number of halogens is 2. The molecule has 2 aromatic carbocycles. The molecule has 0 bridgehead atoms. The number of carbonyl (C=O) groups excluding carboxylic acids is 1. The number of aryl methyl sites for hydroxylation is 1. The molecule has 6 nitrogen and oxygen atoms in total. The van der Waals surface area contributed by atoms with E-state index in [2.05, 4.69) is 0 Å². The van der Waals surface area contributed by atoms with Crippen LogP contribution >= 0.6 is 34.5 Å². The zero-order valence-electron chi connectivity index (χ0n) is 19.7. The van der Waals surface area contributed by atoms with Gasteiger partial charge in [0, 0.05) is 27.5 Å². The van der Waals surface area contributed by atoms with Crippen LogP contribution in [0.15, 0.2) is 58.8 Å². The summed E-state index contributed by atoms with van der Waals surface area (Å²) in [6.45, 7) is 2.49. The van der Waals surface area contributed by atoms with E-state index in [4.69, 9.17) is 27.9 Å². The summed E-state index contributed by atoms with van der Waals surface area (Å²) < 4.78 is 34.3. The van der Waals surface area contributed by atoms with Crippen LogP contribution in [0.2, 0.25) is 10.0 Å². The van der Waals surface area contributed by atoms with Crippen molar-refractivity contribution in [3.05, 3.63) is 80.0 Å². The minimum absolute atomic E-state index is 0.142. The maximum Gasteiger partial charge on any atom is 0.243 e. The fourth-order valence-electron chi connectivity index (χ4n) is 4.50. The van der Waals surface area contributed by atoms with Crippen LogP contribution < -0.4 is 4.74 Å². The zero-order valence-corrected chi connectivity index (χ0v) is 22.8. The van der Waals surface area contributed by atoms with Crippen LogP contribution in [-0.2, 0) is 21.2 Å². The monoisotopic (exact) mass is 564 g/mol. The maximum atomic E-state index is 13.7. The summed E-state index contributed by atoms with van der Waals surface area (Å²) in [5, 5.41) is 3.15. The Kier molecular flexibility index (Phi) is 7.34. The molecular weight excluding hydrogens is 539 g/mol. The minimum Gasteiger partial charge on any atom is -0.491 e. The van der Waals surface area contributed by atoms with E-state index in [1.54, 1.807) is 34.4 Å². The summed E-state index contributed by atoms with van der Waals surface area (Å²) in [5.41, 5.74) is 1.97. The van der Waals surface area contributed by atoms with Crippen molar-refractivity contribution in [1.29, 1.82) is 0 Å². The van der Waals surface area contributed by atoms with Gasteiger partial charge in [0.25, 0.3) is 0 Å². The molecule has 1 aliphatic heterocycles. The summed E-state index contributed by atoms with van der Waals surface area (Å²) in [7, 11) is -3.83. The second-order valence-corrected chi connectivity index (χ2v) is 12.8. The number of thiophene rings is 1. The Bertz CT molecular complexity index is 1370. The first kappa shape index (κ1) is 25.5. The van der Waals surface area contributed by atoms with Crippen LogP contribution in [0.25, 0.3) is 0 Å². The fourth-order valence-corrected chi connectivity index (χ4v) is 7.30. The van der Waals surface area contributed by atoms with Crippen LogP contribution in [0.3, 0.4) is 0 Å². The molecule has 1 atom stereocenters. The predicted octanol–water partition coefficient (Wildman–Crippen LogP) is 5.72. The number of hydrogen-bond donors (Lipinski definition) is 0. The molecule has 0 radical (unpaired) electrons. The second kappa shape index (κ2) is 10.3. The highest BCUT2D eigenvalue weighted by molar-refractivity contribution is 7.89. The SMILES string of the molecule is Cc1cc(OC[C@@H]2c3ccsc3CCN2C(=O)CN(C2CC2)S(=O)(=O)c2ccc(Cl)cc2)ccc1Cl. The summed E-state index contributed by atoms with van der Waals surface area (Å²) in [4.78, 5) is 16.8. The highest BCUT2D eigenvalue weighted by Gasteiger charge is 2.41. The number of fused-ring (bicyclic) bond motifs is 1. The summed E-state index contributed by atoms with van der Waals surface area (Å²) in [5.74, 6) is 0.453. The average Bonchev–Trinajstić information content (AvgIpc) is 3.58. The third kappa shape index (κ3) is 5.29. The van der Waals surface area contributed by atoms with Crippen LogP contribution in [0.5, 0.6) is 5.75 Å². The van der Waals surface area contributed by atoms with Crippen molar-refractivity contribution < 1.29 is 17.9 Å². The first-order chi connectivity index (χ1) is 17.2. The van der Waals surface area contributed by atoms with Crippen molar-refractivity contribution in [3.63, 3.8) is 0 Å². The van der Waals surface area contributed by atoms with Gasteiger partial charge in [-0.1, -0.05) is 23.2 Å². The van der Waals surface area contributed by atoms with Crippen molar-refractivity contribution in [2.24, 2.45) is 0 Å². The topological polar surface area (TPSA) is 66.9 Å². The molecule has 10 heteroatoms. The molecule has 0 N–H and O–H groups in total. The average molecular weight is 566 g/mol. The normalized spacial score (nSPS) is 17.8. The Hall–Kier alpha value is -2.10. The number of amides is 1. The second-order valence-electron chi connectivity index (χ2n) is 9.11. The lowest BCUT2D eigenvalue weighted by Gasteiger charge is -2.37. The zero-order chi connectivity index (χ0) is 25.4. The van der Waals surface area contributed by atoms with Gasteiger partial charge in [0.15, 0.2) is 0 Å². The number of carbonyl (C=O) groups is 1.